The molecule has 1 heteroatoms. The van der Waals surface area contributed by atoms with Gasteiger partial charge in [-0.2, -0.15) is 0 Å². The first-order valence-electron chi connectivity index (χ1n) is 5.66. The maximum atomic E-state index is 3.67. The summed E-state index contributed by atoms with van der Waals surface area (Å²) in [5.74, 6) is 2.19. The van der Waals surface area contributed by atoms with Crippen molar-refractivity contribution in [3.8, 4) is 0 Å². The van der Waals surface area contributed by atoms with Crippen LogP contribution >= 0.6 is 0 Å². The van der Waals surface area contributed by atoms with Gasteiger partial charge < -0.3 is 5.32 Å². The molecule has 0 aromatic carbocycles. The lowest BCUT2D eigenvalue weighted by molar-refractivity contribution is 0.185. The Kier molecular flexibility index (Phi) is 2.21. The van der Waals surface area contributed by atoms with Crippen molar-refractivity contribution in [2.45, 2.75) is 39.7 Å². The standard InChI is InChI=1S/C13H21N/c1-9-6-5-7-11-12(9)10(2)8-13(3,4)14-11/h5-7,9-10,12,14H,8H2,1-4H3. The number of hydrogen-bond donors (Lipinski definition) is 1. The van der Waals surface area contributed by atoms with E-state index in [9.17, 15) is 0 Å². The lowest BCUT2D eigenvalue weighted by Gasteiger charge is -2.45. The summed E-state index contributed by atoms with van der Waals surface area (Å²) in [7, 11) is 0. The fourth-order valence-electron chi connectivity index (χ4n) is 3.17. The monoisotopic (exact) mass is 191 g/mol. The third kappa shape index (κ3) is 1.60. The van der Waals surface area contributed by atoms with Crippen LogP contribution in [0.4, 0.5) is 0 Å². The maximum Gasteiger partial charge on any atom is 0.0317 e. The van der Waals surface area contributed by atoms with E-state index in [1.165, 1.54) is 12.1 Å². The van der Waals surface area contributed by atoms with Gasteiger partial charge in [0.25, 0.3) is 0 Å². The zero-order valence-electron chi connectivity index (χ0n) is 9.67. The molecule has 0 bridgehead atoms. The molecule has 3 atom stereocenters. The highest BCUT2D eigenvalue weighted by Crippen LogP contribution is 2.40. The lowest BCUT2D eigenvalue weighted by Crippen LogP contribution is -2.50. The second-order valence-electron chi connectivity index (χ2n) is 5.58. The molecular weight excluding hydrogens is 170 g/mol. The molecular formula is C13H21N. The smallest absolute Gasteiger partial charge is 0.0317 e. The maximum absolute atomic E-state index is 3.67. The van der Waals surface area contributed by atoms with Crippen LogP contribution in [0.2, 0.25) is 0 Å². The normalized spacial score (nSPS) is 39.7. The van der Waals surface area contributed by atoms with Gasteiger partial charge in [-0.3, -0.25) is 0 Å². The van der Waals surface area contributed by atoms with E-state index in [0.717, 1.165) is 5.92 Å². The first kappa shape index (κ1) is 9.82. The number of nitrogens with one attached hydrogen (secondary N) is 1. The topological polar surface area (TPSA) is 12.0 Å². The van der Waals surface area contributed by atoms with E-state index in [4.69, 9.17) is 0 Å². The SMILES string of the molecule is CC1C=CC=C2NC(C)(C)CC(C)C21. The molecule has 78 valence electrons. The molecule has 0 aromatic heterocycles. The molecule has 2 aliphatic rings. The molecule has 1 N–H and O–H groups in total. The molecule has 1 saturated heterocycles. The molecule has 1 fully saturated rings. The Bertz CT molecular complexity index is 286. The van der Waals surface area contributed by atoms with E-state index >= 15 is 0 Å². The van der Waals surface area contributed by atoms with Crippen molar-refractivity contribution in [2.75, 3.05) is 0 Å². The second-order valence-corrected chi connectivity index (χ2v) is 5.58. The van der Waals surface area contributed by atoms with E-state index in [0.29, 0.717) is 11.8 Å². The van der Waals surface area contributed by atoms with Crippen LogP contribution in [-0.4, -0.2) is 5.54 Å². The van der Waals surface area contributed by atoms with Gasteiger partial charge in [-0.05, 0) is 38.2 Å². The fraction of sp³-hybridized carbons (Fsp3) is 0.692. The molecule has 0 saturated carbocycles. The Morgan fingerprint density at radius 3 is 2.79 bits per heavy atom. The molecule has 0 spiro atoms. The fourth-order valence-corrected chi connectivity index (χ4v) is 3.17. The van der Waals surface area contributed by atoms with Gasteiger partial charge in [0.15, 0.2) is 0 Å². The zero-order chi connectivity index (χ0) is 10.3. The van der Waals surface area contributed by atoms with Crippen LogP contribution < -0.4 is 5.32 Å². The largest absolute Gasteiger partial charge is 0.383 e. The van der Waals surface area contributed by atoms with Crippen LogP contribution in [-0.2, 0) is 0 Å². The van der Waals surface area contributed by atoms with E-state index in [1.54, 1.807) is 0 Å². The average Bonchev–Trinajstić information content (AvgIpc) is 2.00. The second kappa shape index (κ2) is 3.15. The van der Waals surface area contributed by atoms with Crippen LogP contribution in [0.25, 0.3) is 0 Å². The van der Waals surface area contributed by atoms with Crippen molar-refractivity contribution in [2.24, 2.45) is 17.8 Å². The molecule has 1 heterocycles. The van der Waals surface area contributed by atoms with Gasteiger partial charge >= 0.3 is 0 Å². The summed E-state index contributed by atoms with van der Waals surface area (Å²) in [6.07, 6.45) is 8.04. The highest BCUT2D eigenvalue weighted by atomic mass is 15.0. The highest BCUT2D eigenvalue weighted by molar-refractivity contribution is 5.25. The zero-order valence-corrected chi connectivity index (χ0v) is 9.67. The van der Waals surface area contributed by atoms with Crippen LogP contribution in [0.3, 0.4) is 0 Å². The third-order valence-electron chi connectivity index (χ3n) is 3.54. The average molecular weight is 191 g/mol. The Balaban J connectivity index is 2.27. The first-order chi connectivity index (χ1) is 6.49. The van der Waals surface area contributed by atoms with Crippen molar-refractivity contribution in [1.29, 1.82) is 0 Å². The molecule has 1 nitrogen and oxygen atoms in total. The Labute approximate surface area is 87.3 Å². The number of piperidine rings is 1. The van der Waals surface area contributed by atoms with Crippen molar-refractivity contribution >= 4 is 0 Å². The summed E-state index contributed by atoms with van der Waals surface area (Å²) in [5.41, 5.74) is 1.72. The van der Waals surface area contributed by atoms with Crippen molar-refractivity contribution in [1.82, 2.24) is 5.32 Å². The van der Waals surface area contributed by atoms with Gasteiger partial charge in [0.05, 0.1) is 0 Å². The van der Waals surface area contributed by atoms with Crippen LogP contribution in [0.15, 0.2) is 23.9 Å². The van der Waals surface area contributed by atoms with Gasteiger partial charge in [0, 0.05) is 17.2 Å². The predicted octanol–water partition coefficient (Wildman–Crippen LogP) is 3.10. The number of rotatable bonds is 0. The van der Waals surface area contributed by atoms with Gasteiger partial charge in [0.1, 0.15) is 0 Å². The molecule has 1 aliphatic carbocycles. The molecule has 3 unspecified atom stereocenters. The molecule has 0 radical (unpaired) electrons. The minimum absolute atomic E-state index is 0.270. The quantitative estimate of drug-likeness (QED) is 0.620. The van der Waals surface area contributed by atoms with Crippen LogP contribution in [0.1, 0.15) is 34.1 Å². The Hall–Kier alpha value is -0.720. The summed E-state index contributed by atoms with van der Waals surface area (Å²) >= 11 is 0. The van der Waals surface area contributed by atoms with E-state index in [2.05, 4.69) is 51.2 Å². The van der Waals surface area contributed by atoms with Crippen molar-refractivity contribution in [3.63, 3.8) is 0 Å². The first-order valence-corrected chi connectivity index (χ1v) is 5.66. The summed E-state index contributed by atoms with van der Waals surface area (Å²) in [6, 6.07) is 0. The minimum Gasteiger partial charge on any atom is -0.383 e. The van der Waals surface area contributed by atoms with Crippen LogP contribution in [0.5, 0.6) is 0 Å². The van der Waals surface area contributed by atoms with Gasteiger partial charge in [0.2, 0.25) is 0 Å². The van der Waals surface area contributed by atoms with Gasteiger partial charge in [-0.1, -0.05) is 26.0 Å². The Morgan fingerprint density at radius 2 is 2.07 bits per heavy atom. The summed E-state index contributed by atoms with van der Waals surface area (Å²) in [4.78, 5) is 0. The molecule has 14 heavy (non-hydrogen) atoms. The predicted molar refractivity (Wildman–Crippen MR) is 60.9 cm³/mol. The highest BCUT2D eigenvalue weighted by Gasteiger charge is 2.37. The minimum atomic E-state index is 0.270. The summed E-state index contributed by atoms with van der Waals surface area (Å²) in [5, 5.41) is 3.67. The Morgan fingerprint density at radius 1 is 1.36 bits per heavy atom. The molecule has 0 aromatic rings. The number of hydrogen-bond acceptors (Lipinski definition) is 1. The van der Waals surface area contributed by atoms with Gasteiger partial charge in [-0.25, -0.2) is 0 Å². The molecule has 0 amide bonds. The van der Waals surface area contributed by atoms with E-state index in [-0.39, 0.29) is 5.54 Å². The molecule has 1 aliphatic heterocycles. The van der Waals surface area contributed by atoms with Crippen LogP contribution in [0, 0.1) is 17.8 Å². The van der Waals surface area contributed by atoms with Crippen molar-refractivity contribution in [3.05, 3.63) is 23.9 Å². The summed E-state index contributed by atoms with van der Waals surface area (Å²) in [6.45, 7) is 9.30. The summed E-state index contributed by atoms with van der Waals surface area (Å²) < 4.78 is 0. The van der Waals surface area contributed by atoms with E-state index in [1.807, 2.05) is 0 Å². The number of allylic oxidation sites excluding steroid dienone is 4. The molecule has 2 rings (SSSR count). The van der Waals surface area contributed by atoms with Gasteiger partial charge in [-0.15, -0.1) is 0 Å². The number of fused-ring (bicyclic) bond motifs is 1. The van der Waals surface area contributed by atoms with Crippen molar-refractivity contribution < 1.29 is 0 Å². The van der Waals surface area contributed by atoms with E-state index < -0.39 is 0 Å². The third-order valence-corrected chi connectivity index (χ3v) is 3.54. The lowest BCUT2D eigenvalue weighted by atomic mass is 9.70.